The lowest BCUT2D eigenvalue weighted by Gasteiger charge is -2.40. The summed E-state index contributed by atoms with van der Waals surface area (Å²) in [7, 11) is 0. The van der Waals surface area contributed by atoms with Crippen LogP contribution in [0.4, 0.5) is 0 Å². The van der Waals surface area contributed by atoms with Crippen LogP contribution in [0.2, 0.25) is 0 Å². The molecule has 1 rings (SSSR count). The van der Waals surface area contributed by atoms with E-state index in [0.717, 1.165) is 12.8 Å². The third kappa shape index (κ3) is 17.1. The van der Waals surface area contributed by atoms with Crippen LogP contribution in [0.5, 0.6) is 0 Å². The van der Waals surface area contributed by atoms with Crippen molar-refractivity contribution < 1.29 is 76.3 Å². The van der Waals surface area contributed by atoms with Crippen molar-refractivity contribution >= 4 is 5.91 Å². The topological polar surface area (TPSA) is 169 Å². The highest BCUT2D eigenvalue weighted by atomic mass is 16.7. The molecule has 1 amide bonds. The third-order valence-corrected chi connectivity index (χ3v) is 5.89. The van der Waals surface area contributed by atoms with Gasteiger partial charge in [0.1, 0.15) is 30.5 Å². The largest absolute Gasteiger partial charge is 0.394 e. The fraction of sp³-hybridized carbons (Fsp3) is 0.395. The molecular formula is C38H75NO9. The number of amides is 1. The van der Waals surface area contributed by atoms with Crippen molar-refractivity contribution in [3.8, 4) is 131 Å². The molecule has 1 aliphatic rings. The third-order valence-electron chi connectivity index (χ3n) is 5.89. The summed E-state index contributed by atoms with van der Waals surface area (Å²) >= 11 is 0. The molecule has 286 valence electrons. The second kappa shape index (κ2) is 25.5. The number of carbonyl (C=O) groups excluding carboxylic acids is 1. The van der Waals surface area contributed by atoms with Gasteiger partial charge in [-0.15, -0.1) is 6.42 Å². The molecule has 7 N–H and O–H groups in total. The summed E-state index contributed by atoms with van der Waals surface area (Å²) in [5.41, 5.74) is 0. The molecule has 1 aliphatic heterocycles. The van der Waals surface area contributed by atoms with E-state index in [0.29, 0.717) is 6.42 Å². The first-order valence-electron chi connectivity index (χ1n) is 14.3. The first-order chi connectivity index (χ1) is 23.3. The number of nitrogens with one attached hydrogen (secondary N) is 1. The zero-order valence-electron chi connectivity index (χ0n) is 25.8. The average Bonchev–Trinajstić information content (AvgIpc) is 3.08. The smallest absolute Gasteiger partial charge is 0.297 e. The molecular weight excluding hydrogens is 614 g/mol. The van der Waals surface area contributed by atoms with E-state index in [1.807, 2.05) is 6.92 Å². The van der Waals surface area contributed by atoms with E-state index in [4.69, 9.17) is 15.9 Å². The van der Waals surface area contributed by atoms with Crippen LogP contribution >= 0.6 is 0 Å². The Morgan fingerprint density at radius 2 is 1.25 bits per heavy atom. The Labute approximate surface area is 314 Å². The molecule has 0 aliphatic carbocycles. The summed E-state index contributed by atoms with van der Waals surface area (Å²) in [6.07, 6.45) is -2.93. The molecule has 0 aromatic rings. The monoisotopic (exact) mass is 690 g/mol. The molecule has 0 radical (unpaired) electrons. The highest BCUT2D eigenvalue weighted by molar-refractivity contribution is 5.94. The number of aliphatic hydroxyl groups excluding tert-OH is 6. The minimum atomic E-state index is -1.70. The van der Waals surface area contributed by atoms with Crippen molar-refractivity contribution in [3.63, 3.8) is 0 Å². The van der Waals surface area contributed by atoms with Gasteiger partial charge in [-0.1, -0.05) is 26.2 Å². The maximum Gasteiger partial charge on any atom is 0.297 e. The second-order valence-electron chi connectivity index (χ2n) is 9.31. The summed E-state index contributed by atoms with van der Waals surface area (Å²) < 4.78 is 10.8. The number of hydrogen-bond donors (Lipinski definition) is 7. The van der Waals surface area contributed by atoms with Gasteiger partial charge in [0, 0.05) is 61.0 Å². The van der Waals surface area contributed by atoms with Crippen molar-refractivity contribution in [2.45, 2.75) is 81.6 Å². The number of unbranched alkanes of at least 4 members (excludes halogenated alkanes) is 2. The van der Waals surface area contributed by atoms with Crippen molar-refractivity contribution in [2.75, 3.05) is 13.2 Å². The van der Waals surface area contributed by atoms with Gasteiger partial charge in [0.05, 0.1) is 25.4 Å². The molecule has 1 heterocycles. The van der Waals surface area contributed by atoms with E-state index in [9.17, 15) is 35.4 Å². The summed E-state index contributed by atoms with van der Waals surface area (Å²) in [5, 5.41) is 63.1. The maximum absolute atomic E-state index is 12.4. The summed E-state index contributed by atoms with van der Waals surface area (Å²) in [6.45, 7) is 0.818. The molecule has 0 bridgehead atoms. The normalized spacial score (nSPS) is 19.7. The SMILES string of the molecule is C#CC#CC#CC#CC#CC#CC#CC#CC#CC#CC#CC(=O)N[C@@H](COC1OC(CO)C(O)C(O)C1O)[C@H](O)[C@H](O)CCCCC.[HH].[HH].[HH].[HH].[HH].[HH].[HH].[HH].[HH].[HH].[HH].[HH].[HH].[HH].[HH].[HH].[HH].[HH].[HH].[HH].[HH].[HH]. The van der Waals surface area contributed by atoms with Crippen molar-refractivity contribution in [2.24, 2.45) is 0 Å². The Morgan fingerprint density at radius 3 is 1.71 bits per heavy atom. The molecule has 5 unspecified atom stereocenters. The van der Waals surface area contributed by atoms with Crippen LogP contribution in [0.15, 0.2) is 0 Å². The van der Waals surface area contributed by atoms with Gasteiger partial charge in [-0.25, -0.2) is 0 Å². The van der Waals surface area contributed by atoms with Gasteiger partial charge >= 0.3 is 0 Å². The Bertz CT molecular complexity index is 1860. The zero-order chi connectivity index (χ0) is 35.4. The minimum absolute atomic E-state index is 0. The molecule has 0 spiro atoms. The lowest BCUT2D eigenvalue weighted by molar-refractivity contribution is -0.303. The predicted octanol–water partition coefficient (Wildman–Crippen LogP) is 2.67. The number of ether oxygens (including phenoxy) is 2. The van der Waals surface area contributed by atoms with Gasteiger partial charge in [-0.3, -0.25) is 4.79 Å². The van der Waals surface area contributed by atoms with Gasteiger partial charge in [0.2, 0.25) is 0 Å². The first kappa shape index (κ1) is 40.3. The van der Waals surface area contributed by atoms with Crippen LogP contribution in [0.3, 0.4) is 0 Å². The van der Waals surface area contributed by atoms with Crippen molar-refractivity contribution in [1.82, 2.24) is 5.32 Å². The van der Waals surface area contributed by atoms with Crippen LogP contribution in [-0.2, 0) is 14.3 Å². The van der Waals surface area contributed by atoms with E-state index in [1.165, 1.54) is 0 Å². The Kier molecular flexibility index (Phi) is 21.4. The first-order valence-corrected chi connectivity index (χ1v) is 14.3. The predicted molar refractivity (Wildman–Crippen MR) is 221 cm³/mol. The van der Waals surface area contributed by atoms with Gasteiger partial charge in [-0.05, 0) is 101 Å². The maximum atomic E-state index is 12.4. The highest BCUT2D eigenvalue weighted by Crippen LogP contribution is 2.22. The molecule has 48 heavy (non-hydrogen) atoms. The van der Waals surface area contributed by atoms with E-state index < -0.39 is 68.1 Å². The quantitative estimate of drug-likeness (QED) is 0.127. The molecule has 10 heteroatoms. The number of rotatable bonds is 11. The lowest BCUT2D eigenvalue weighted by Crippen LogP contribution is -2.60. The standard InChI is InChI=1S/C38H31NO9.22H2/c1-3-5-7-8-9-10-11-12-13-14-15-16-17-18-19-20-21-22-23-25-27-33(42)39-30(34(43)31(41)26-24-6-4-2)29-47-38-37(46)36(45)35(44)32(28-40)48-38;;;;;;;;;;;;;;;;;;;;;;/h1,30-32,34-38,40-41,43-46H,4,6,24,26,28-29H2,2H3,(H,39,42);22*1H/t30-,31+,32?,34-,35?,36?,37?,38?;;;;;;;;;;;;;;;;;;;;;;/m0....................../s1. The van der Waals surface area contributed by atoms with Gasteiger partial charge in [0.25, 0.3) is 5.91 Å². The molecule has 0 saturated carbocycles. The fourth-order valence-electron chi connectivity index (χ4n) is 3.53. The second-order valence-corrected chi connectivity index (χ2v) is 9.31. The summed E-state index contributed by atoms with van der Waals surface area (Å²) in [6, 6.07) is -1.23. The molecule has 8 atom stereocenters. The van der Waals surface area contributed by atoms with E-state index in [2.05, 4.69) is 130 Å². The molecule has 1 fully saturated rings. The van der Waals surface area contributed by atoms with Gasteiger partial charge < -0.3 is 45.4 Å². The Hall–Kier alpha value is -5.69. The van der Waals surface area contributed by atoms with Crippen LogP contribution in [0, 0.1) is 131 Å². The van der Waals surface area contributed by atoms with Crippen LogP contribution < -0.4 is 5.32 Å². The molecule has 10 nitrogen and oxygen atoms in total. The number of aliphatic hydroxyl groups is 6. The lowest BCUT2D eigenvalue weighted by atomic mass is 9.99. The summed E-state index contributed by atoms with van der Waals surface area (Å²) in [4.78, 5) is 12.4. The minimum Gasteiger partial charge on any atom is -0.394 e. The average molecular weight is 690 g/mol. The molecule has 1 saturated heterocycles. The summed E-state index contributed by atoms with van der Waals surface area (Å²) in [5.74, 6) is 49.4. The van der Waals surface area contributed by atoms with Crippen molar-refractivity contribution in [3.05, 3.63) is 0 Å². The van der Waals surface area contributed by atoms with Crippen LogP contribution in [-0.4, -0.2) is 98.7 Å². The highest BCUT2D eigenvalue weighted by Gasteiger charge is 2.44. The zero-order valence-corrected chi connectivity index (χ0v) is 25.8. The van der Waals surface area contributed by atoms with E-state index in [-0.39, 0.29) is 37.8 Å². The van der Waals surface area contributed by atoms with Gasteiger partial charge in [0.15, 0.2) is 6.29 Å². The van der Waals surface area contributed by atoms with E-state index in [1.54, 1.807) is 0 Å². The number of terminal acetylenes is 1. The van der Waals surface area contributed by atoms with Crippen molar-refractivity contribution in [1.29, 1.82) is 0 Å². The fourth-order valence-corrected chi connectivity index (χ4v) is 3.53. The van der Waals surface area contributed by atoms with Crippen LogP contribution in [0.1, 0.15) is 64.0 Å². The number of carbonyl (C=O) groups is 1. The Balaban J connectivity index is -0.0000000524. The molecule has 0 aromatic carbocycles. The molecule has 0 aromatic heterocycles. The van der Waals surface area contributed by atoms with Gasteiger partial charge in [-0.2, -0.15) is 0 Å². The van der Waals surface area contributed by atoms with E-state index >= 15 is 0 Å². The Morgan fingerprint density at radius 1 is 0.771 bits per heavy atom. The van der Waals surface area contributed by atoms with Crippen LogP contribution in [0.25, 0.3) is 0 Å². The number of hydrogen-bond acceptors (Lipinski definition) is 9.